The zero-order chi connectivity index (χ0) is 23.4. The number of hydrogen-bond donors (Lipinski definition) is 1. The standard InChI is InChI=1S/C29H45NO2/c1-6-7-8-9-10-11-17-30-24-19-25(31)23(18-26(24)32)20-29(5)22(3)15-16-28(4)21(2)13-12-14-27(28)29/h13,18-19,22,27,30H,6-12,14-17,20H2,1-5H3/t22-,27+,28+,29+/m0/s1. The van der Waals surface area contributed by atoms with E-state index in [1.165, 1.54) is 56.9 Å². The molecule has 0 bridgehead atoms. The van der Waals surface area contributed by atoms with E-state index in [4.69, 9.17) is 0 Å². The van der Waals surface area contributed by atoms with Crippen LogP contribution in [0.15, 0.2) is 35.1 Å². The minimum absolute atomic E-state index is 0.0267. The number of hydrogen-bond acceptors (Lipinski definition) is 3. The molecular formula is C29H45NO2. The summed E-state index contributed by atoms with van der Waals surface area (Å²) in [5.41, 5.74) is 2.98. The van der Waals surface area contributed by atoms with Crippen molar-refractivity contribution in [2.75, 3.05) is 6.54 Å². The molecule has 0 saturated heterocycles. The number of unbranched alkanes of at least 4 members (excludes halogenated alkanes) is 5. The molecule has 0 aliphatic heterocycles. The molecule has 3 rings (SSSR count). The van der Waals surface area contributed by atoms with Gasteiger partial charge in [-0.05, 0) is 74.2 Å². The van der Waals surface area contributed by atoms with Crippen LogP contribution in [0.4, 0.5) is 0 Å². The van der Waals surface area contributed by atoms with E-state index < -0.39 is 0 Å². The first kappa shape index (κ1) is 25.0. The van der Waals surface area contributed by atoms with Crippen LogP contribution in [0.25, 0.3) is 0 Å². The predicted molar refractivity (Wildman–Crippen MR) is 133 cm³/mol. The summed E-state index contributed by atoms with van der Waals surface area (Å²) in [5, 5.41) is 3.23. The fourth-order valence-electron chi connectivity index (χ4n) is 6.63. The lowest BCUT2D eigenvalue weighted by atomic mass is 9.46. The summed E-state index contributed by atoms with van der Waals surface area (Å²) in [6.07, 6.45) is 18.4. The molecule has 1 N–H and O–H groups in total. The van der Waals surface area contributed by atoms with E-state index in [-0.39, 0.29) is 22.4 Å². The number of nitrogens with one attached hydrogen (secondary N) is 1. The highest BCUT2D eigenvalue weighted by molar-refractivity contribution is 6.19. The quantitative estimate of drug-likeness (QED) is 0.224. The third-order valence-corrected chi connectivity index (χ3v) is 9.17. The molecular weight excluding hydrogens is 394 g/mol. The summed E-state index contributed by atoms with van der Waals surface area (Å²) >= 11 is 0. The van der Waals surface area contributed by atoms with Gasteiger partial charge >= 0.3 is 0 Å². The minimum atomic E-state index is -0.0277. The van der Waals surface area contributed by atoms with Gasteiger partial charge in [-0.2, -0.15) is 0 Å². The number of fused-ring (bicyclic) bond motifs is 1. The Kier molecular flexibility index (Phi) is 8.22. The van der Waals surface area contributed by atoms with Crippen LogP contribution >= 0.6 is 0 Å². The normalized spacial score (nSPS) is 32.7. The Labute approximate surface area is 196 Å². The third kappa shape index (κ3) is 5.13. The maximum atomic E-state index is 13.0. The lowest BCUT2D eigenvalue weighted by molar-refractivity contribution is -0.116. The molecule has 3 nitrogen and oxygen atoms in total. The average molecular weight is 440 g/mol. The molecule has 3 heteroatoms. The molecule has 1 fully saturated rings. The van der Waals surface area contributed by atoms with Gasteiger partial charge in [-0.3, -0.25) is 9.59 Å². The van der Waals surface area contributed by atoms with Crippen molar-refractivity contribution in [1.29, 1.82) is 0 Å². The first-order chi connectivity index (χ1) is 15.2. The second-order valence-corrected chi connectivity index (χ2v) is 11.2. The van der Waals surface area contributed by atoms with Crippen LogP contribution in [0.1, 0.15) is 105 Å². The van der Waals surface area contributed by atoms with Gasteiger partial charge in [0.05, 0.1) is 5.70 Å². The zero-order valence-corrected chi connectivity index (χ0v) is 21.2. The molecule has 4 atom stereocenters. The number of allylic oxidation sites excluding steroid dienone is 5. The number of carbonyl (C=O) groups excluding carboxylic acids is 2. The molecule has 3 aliphatic carbocycles. The second kappa shape index (κ2) is 10.5. The van der Waals surface area contributed by atoms with E-state index in [0.717, 1.165) is 19.4 Å². The zero-order valence-electron chi connectivity index (χ0n) is 21.2. The van der Waals surface area contributed by atoms with Gasteiger partial charge in [0.1, 0.15) is 0 Å². The van der Waals surface area contributed by atoms with Crippen LogP contribution in [-0.2, 0) is 9.59 Å². The lowest BCUT2D eigenvalue weighted by Crippen LogP contribution is -2.50. The van der Waals surface area contributed by atoms with Crippen LogP contribution in [-0.4, -0.2) is 18.1 Å². The van der Waals surface area contributed by atoms with Gasteiger partial charge in [-0.15, -0.1) is 0 Å². The molecule has 1 saturated carbocycles. The third-order valence-electron chi connectivity index (χ3n) is 9.17. The summed E-state index contributed by atoms with van der Waals surface area (Å²) in [4.78, 5) is 25.8. The molecule has 3 aliphatic rings. The second-order valence-electron chi connectivity index (χ2n) is 11.2. The molecule has 32 heavy (non-hydrogen) atoms. The topological polar surface area (TPSA) is 46.2 Å². The molecule has 0 aromatic rings. The number of carbonyl (C=O) groups is 2. The van der Waals surface area contributed by atoms with E-state index in [2.05, 4.69) is 46.0 Å². The van der Waals surface area contributed by atoms with Crippen LogP contribution in [0.5, 0.6) is 0 Å². The van der Waals surface area contributed by atoms with Crippen molar-refractivity contribution in [2.45, 2.75) is 105 Å². The average Bonchev–Trinajstić information content (AvgIpc) is 2.75. The Hall–Kier alpha value is -1.64. The van der Waals surface area contributed by atoms with Gasteiger partial charge in [0.2, 0.25) is 5.78 Å². The van der Waals surface area contributed by atoms with Gasteiger partial charge < -0.3 is 5.32 Å². The first-order valence-corrected chi connectivity index (χ1v) is 13.1. The molecule has 178 valence electrons. The van der Waals surface area contributed by atoms with E-state index in [9.17, 15) is 9.59 Å². The van der Waals surface area contributed by atoms with Gasteiger partial charge in [-0.25, -0.2) is 0 Å². The van der Waals surface area contributed by atoms with Crippen molar-refractivity contribution in [3.63, 3.8) is 0 Å². The summed E-state index contributed by atoms with van der Waals surface area (Å²) in [6, 6.07) is 0. The monoisotopic (exact) mass is 439 g/mol. The van der Waals surface area contributed by atoms with E-state index in [1.807, 2.05) is 0 Å². The van der Waals surface area contributed by atoms with Crippen molar-refractivity contribution in [3.05, 3.63) is 35.1 Å². The fraction of sp³-hybridized carbons (Fsp3) is 0.724. The molecule has 0 radical (unpaired) electrons. The molecule has 0 amide bonds. The summed E-state index contributed by atoms with van der Waals surface area (Å²) in [6.45, 7) is 12.4. The molecule has 0 aromatic heterocycles. The summed E-state index contributed by atoms with van der Waals surface area (Å²) < 4.78 is 0. The Morgan fingerprint density at radius 3 is 2.47 bits per heavy atom. The van der Waals surface area contributed by atoms with Crippen molar-refractivity contribution in [3.8, 4) is 0 Å². The minimum Gasteiger partial charge on any atom is -0.382 e. The summed E-state index contributed by atoms with van der Waals surface area (Å²) in [7, 11) is 0. The maximum Gasteiger partial charge on any atom is 0.202 e. The first-order valence-electron chi connectivity index (χ1n) is 13.1. The van der Waals surface area contributed by atoms with Gasteiger partial charge in [0.15, 0.2) is 5.78 Å². The molecule has 0 unspecified atom stereocenters. The van der Waals surface area contributed by atoms with Crippen molar-refractivity contribution in [2.24, 2.45) is 22.7 Å². The Morgan fingerprint density at radius 1 is 1.00 bits per heavy atom. The van der Waals surface area contributed by atoms with E-state index in [0.29, 0.717) is 29.5 Å². The predicted octanol–water partition coefficient (Wildman–Crippen LogP) is 7.09. The van der Waals surface area contributed by atoms with Crippen LogP contribution in [0.2, 0.25) is 0 Å². The molecule has 0 aromatic carbocycles. The Bertz CT molecular complexity index is 804. The van der Waals surface area contributed by atoms with Gasteiger partial charge in [0.25, 0.3) is 0 Å². The van der Waals surface area contributed by atoms with Crippen molar-refractivity contribution >= 4 is 11.6 Å². The highest BCUT2D eigenvalue weighted by Crippen LogP contribution is 2.62. The van der Waals surface area contributed by atoms with Crippen molar-refractivity contribution < 1.29 is 9.59 Å². The molecule has 0 spiro atoms. The SMILES string of the molecule is CCCCCCCCNC1=CC(=O)C(C[C@]2(C)[C@@H](C)CC[C@]3(C)C(C)=CCC[C@@H]23)=CC1=O. The van der Waals surface area contributed by atoms with Crippen molar-refractivity contribution in [1.82, 2.24) is 5.32 Å². The number of rotatable bonds is 10. The highest BCUT2D eigenvalue weighted by atomic mass is 16.1. The fourth-order valence-corrected chi connectivity index (χ4v) is 6.63. The van der Waals surface area contributed by atoms with Gasteiger partial charge in [-0.1, -0.05) is 71.4 Å². The van der Waals surface area contributed by atoms with Crippen LogP contribution < -0.4 is 5.32 Å². The molecule has 0 heterocycles. The van der Waals surface area contributed by atoms with Gasteiger partial charge in [0, 0.05) is 18.2 Å². The smallest absolute Gasteiger partial charge is 0.202 e. The van der Waals surface area contributed by atoms with E-state index >= 15 is 0 Å². The number of ketones is 2. The summed E-state index contributed by atoms with van der Waals surface area (Å²) in [5.74, 6) is 1.11. The Balaban J connectivity index is 1.63. The van der Waals surface area contributed by atoms with Crippen LogP contribution in [0, 0.1) is 22.7 Å². The maximum absolute atomic E-state index is 13.0. The Morgan fingerprint density at radius 2 is 1.72 bits per heavy atom. The highest BCUT2D eigenvalue weighted by Gasteiger charge is 2.53. The largest absolute Gasteiger partial charge is 0.382 e. The lowest BCUT2D eigenvalue weighted by Gasteiger charge is -2.58. The van der Waals surface area contributed by atoms with E-state index in [1.54, 1.807) is 12.2 Å². The van der Waals surface area contributed by atoms with Crippen LogP contribution in [0.3, 0.4) is 0 Å².